The van der Waals surface area contributed by atoms with Gasteiger partial charge in [-0.05, 0) is 77.1 Å². The molecule has 0 unspecified atom stereocenters. The summed E-state index contributed by atoms with van der Waals surface area (Å²) in [4.78, 5) is 2.21. The Hall–Kier alpha value is -0.870. The SMILES string of the molecule is Cc1c(OCCN(C)C)c2cc(Br)cc(Br)c2n1S(=O)(=O)c1ccccc1Br. The monoisotopic (exact) mass is 592 g/mol. The maximum atomic E-state index is 13.6. The minimum atomic E-state index is -3.85. The number of likely N-dealkylation sites (N-methyl/N-ethyl adjacent to an activating group) is 1. The number of aromatic nitrogens is 1. The fraction of sp³-hybridized carbons (Fsp3) is 0.263. The lowest BCUT2D eigenvalue weighted by atomic mass is 10.2. The molecule has 3 rings (SSSR count). The quantitative estimate of drug-likeness (QED) is 0.383. The van der Waals surface area contributed by atoms with E-state index >= 15 is 0 Å². The third kappa shape index (κ3) is 4.05. The van der Waals surface area contributed by atoms with Crippen LogP contribution in [0.2, 0.25) is 0 Å². The van der Waals surface area contributed by atoms with E-state index in [4.69, 9.17) is 4.74 Å². The van der Waals surface area contributed by atoms with E-state index in [1.807, 2.05) is 31.1 Å². The Morgan fingerprint density at radius 3 is 2.39 bits per heavy atom. The number of rotatable bonds is 6. The Balaban J connectivity index is 2.28. The smallest absolute Gasteiger partial charge is 0.269 e. The predicted molar refractivity (Wildman–Crippen MR) is 123 cm³/mol. The van der Waals surface area contributed by atoms with Crippen LogP contribution >= 0.6 is 47.8 Å². The topological polar surface area (TPSA) is 51.5 Å². The van der Waals surface area contributed by atoms with Gasteiger partial charge in [0.2, 0.25) is 0 Å². The lowest BCUT2D eigenvalue weighted by Gasteiger charge is -2.13. The molecule has 0 radical (unpaired) electrons. The van der Waals surface area contributed by atoms with Crippen LogP contribution < -0.4 is 4.74 Å². The molecule has 0 aliphatic heterocycles. The summed E-state index contributed by atoms with van der Waals surface area (Å²) < 4.78 is 36.5. The second kappa shape index (κ2) is 8.47. The van der Waals surface area contributed by atoms with E-state index in [1.54, 1.807) is 31.2 Å². The van der Waals surface area contributed by atoms with Crippen molar-refractivity contribution < 1.29 is 13.2 Å². The van der Waals surface area contributed by atoms with E-state index < -0.39 is 10.0 Å². The second-order valence-corrected chi connectivity index (χ2v) is 10.9. The van der Waals surface area contributed by atoms with Gasteiger partial charge in [-0.25, -0.2) is 12.4 Å². The summed E-state index contributed by atoms with van der Waals surface area (Å²) in [5.74, 6) is 0.564. The van der Waals surface area contributed by atoms with Crippen molar-refractivity contribution in [1.82, 2.24) is 8.87 Å². The summed E-state index contributed by atoms with van der Waals surface area (Å²) in [5.41, 5.74) is 1.08. The molecule has 0 N–H and O–H groups in total. The molecule has 3 aromatic rings. The van der Waals surface area contributed by atoms with E-state index in [-0.39, 0.29) is 4.90 Å². The molecule has 5 nitrogen and oxygen atoms in total. The Labute approximate surface area is 190 Å². The fourth-order valence-electron chi connectivity index (χ4n) is 2.97. The first-order valence-electron chi connectivity index (χ1n) is 8.42. The average Bonchev–Trinajstić information content (AvgIpc) is 2.88. The molecule has 2 aromatic carbocycles. The van der Waals surface area contributed by atoms with Gasteiger partial charge in [-0.15, -0.1) is 0 Å². The van der Waals surface area contributed by atoms with Gasteiger partial charge in [0.05, 0.1) is 11.2 Å². The van der Waals surface area contributed by atoms with Gasteiger partial charge in [0, 0.05) is 25.3 Å². The van der Waals surface area contributed by atoms with Crippen LogP contribution in [0.5, 0.6) is 5.75 Å². The largest absolute Gasteiger partial charge is 0.490 e. The highest BCUT2D eigenvalue weighted by molar-refractivity contribution is 9.11. The molecule has 0 saturated heterocycles. The Bertz CT molecular complexity index is 1140. The van der Waals surface area contributed by atoms with Gasteiger partial charge in [0.15, 0.2) is 0 Å². The van der Waals surface area contributed by atoms with Gasteiger partial charge in [0.1, 0.15) is 17.3 Å². The number of halogens is 3. The molecular formula is C19H19Br3N2O3S. The van der Waals surface area contributed by atoms with Gasteiger partial charge in [-0.1, -0.05) is 28.1 Å². The summed E-state index contributed by atoms with van der Waals surface area (Å²) in [6.45, 7) is 2.93. The van der Waals surface area contributed by atoms with Crippen LogP contribution in [0.4, 0.5) is 0 Å². The standard InChI is InChI=1S/C19H19Br3N2O3S/c1-12-19(27-9-8-23(2)3)14-10-13(20)11-16(22)18(14)24(12)28(25,26)17-7-5-4-6-15(17)21/h4-7,10-11H,8-9H2,1-3H3. The first kappa shape index (κ1) is 21.8. The molecule has 0 bridgehead atoms. The van der Waals surface area contributed by atoms with Crippen molar-refractivity contribution in [2.45, 2.75) is 11.8 Å². The third-order valence-corrected chi connectivity index (χ3v) is 8.11. The van der Waals surface area contributed by atoms with Crippen molar-refractivity contribution in [2.24, 2.45) is 0 Å². The molecule has 9 heteroatoms. The summed E-state index contributed by atoms with van der Waals surface area (Å²) in [5, 5.41) is 0.730. The van der Waals surface area contributed by atoms with Crippen molar-refractivity contribution in [3.8, 4) is 5.75 Å². The van der Waals surface area contributed by atoms with E-state index in [1.165, 1.54) is 3.97 Å². The highest BCUT2D eigenvalue weighted by Crippen LogP contribution is 2.41. The zero-order valence-electron chi connectivity index (χ0n) is 15.5. The van der Waals surface area contributed by atoms with Crippen molar-refractivity contribution in [2.75, 3.05) is 27.2 Å². The van der Waals surface area contributed by atoms with Crippen LogP contribution in [0.1, 0.15) is 5.69 Å². The first-order valence-corrected chi connectivity index (χ1v) is 12.2. The summed E-state index contributed by atoms with van der Waals surface area (Å²) >= 11 is 10.4. The Kier molecular flexibility index (Phi) is 6.61. The van der Waals surface area contributed by atoms with E-state index in [0.717, 1.165) is 16.4 Å². The fourth-order valence-corrected chi connectivity index (χ4v) is 7.03. The average molecular weight is 595 g/mol. The molecule has 150 valence electrons. The molecule has 1 heterocycles. The van der Waals surface area contributed by atoms with Gasteiger partial charge in [-0.2, -0.15) is 0 Å². The number of benzene rings is 2. The van der Waals surface area contributed by atoms with Gasteiger partial charge in [0.25, 0.3) is 10.0 Å². The lowest BCUT2D eigenvalue weighted by molar-refractivity contribution is 0.262. The summed E-state index contributed by atoms with van der Waals surface area (Å²) in [6.07, 6.45) is 0. The maximum absolute atomic E-state index is 13.6. The number of fused-ring (bicyclic) bond motifs is 1. The van der Waals surface area contributed by atoms with Gasteiger partial charge >= 0.3 is 0 Å². The molecule has 0 aliphatic rings. The van der Waals surface area contributed by atoms with Crippen LogP contribution in [0, 0.1) is 6.92 Å². The summed E-state index contributed by atoms with van der Waals surface area (Å²) in [6, 6.07) is 10.5. The molecule has 0 fully saturated rings. The normalized spacial score (nSPS) is 12.1. The van der Waals surface area contributed by atoms with Crippen molar-refractivity contribution in [1.29, 1.82) is 0 Å². The van der Waals surface area contributed by atoms with E-state index in [2.05, 4.69) is 47.8 Å². The predicted octanol–water partition coefficient (Wildman–Crippen LogP) is 5.41. The van der Waals surface area contributed by atoms with Gasteiger partial charge < -0.3 is 9.64 Å². The lowest BCUT2D eigenvalue weighted by Crippen LogP contribution is -2.20. The van der Waals surface area contributed by atoms with Crippen LogP contribution in [-0.4, -0.2) is 44.5 Å². The molecule has 1 aromatic heterocycles. The maximum Gasteiger partial charge on any atom is 0.269 e. The Morgan fingerprint density at radius 1 is 1.07 bits per heavy atom. The number of hydrogen-bond donors (Lipinski definition) is 0. The number of nitrogens with zero attached hydrogens (tertiary/aromatic N) is 2. The minimum absolute atomic E-state index is 0.199. The molecular weight excluding hydrogens is 576 g/mol. The van der Waals surface area contributed by atoms with E-state index in [0.29, 0.717) is 32.5 Å². The minimum Gasteiger partial charge on any atom is -0.490 e. The van der Waals surface area contributed by atoms with Crippen molar-refractivity contribution in [3.05, 3.63) is 55.5 Å². The molecule has 0 amide bonds. The van der Waals surface area contributed by atoms with Crippen LogP contribution in [0.15, 0.2) is 54.7 Å². The molecule has 0 atom stereocenters. The van der Waals surface area contributed by atoms with Crippen LogP contribution in [-0.2, 0) is 10.0 Å². The summed E-state index contributed by atoms with van der Waals surface area (Å²) in [7, 11) is 0.0760. The zero-order valence-corrected chi connectivity index (χ0v) is 21.1. The van der Waals surface area contributed by atoms with Crippen LogP contribution in [0.3, 0.4) is 0 Å². The number of ether oxygens (including phenoxy) is 1. The van der Waals surface area contributed by atoms with Crippen molar-refractivity contribution >= 4 is 68.7 Å². The van der Waals surface area contributed by atoms with E-state index in [9.17, 15) is 8.42 Å². The Morgan fingerprint density at radius 2 is 1.75 bits per heavy atom. The first-order chi connectivity index (χ1) is 13.1. The third-order valence-electron chi connectivity index (χ3n) is 4.25. The van der Waals surface area contributed by atoms with Crippen molar-refractivity contribution in [3.63, 3.8) is 0 Å². The molecule has 0 spiro atoms. The van der Waals surface area contributed by atoms with Gasteiger partial charge in [-0.3, -0.25) is 0 Å². The highest BCUT2D eigenvalue weighted by Gasteiger charge is 2.28. The number of hydrogen-bond acceptors (Lipinski definition) is 4. The van der Waals surface area contributed by atoms with Crippen LogP contribution in [0.25, 0.3) is 10.9 Å². The zero-order chi connectivity index (χ0) is 20.6. The molecule has 0 aliphatic carbocycles. The second-order valence-electron chi connectivity index (χ2n) is 6.55. The highest BCUT2D eigenvalue weighted by atomic mass is 79.9. The molecule has 28 heavy (non-hydrogen) atoms. The molecule has 0 saturated carbocycles.